The molecule has 0 N–H and O–H groups in total. The lowest BCUT2D eigenvalue weighted by Crippen LogP contribution is -2.05. The summed E-state index contributed by atoms with van der Waals surface area (Å²) in [6.45, 7) is 17.7. The van der Waals surface area contributed by atoms with Gasteiger partial charge in [-0.15, -0.1) is 0 Å². The summed E-state index contributed by atoms with van der Waals surface area (Å²) in [5.41, 5.74) is 14.3. The highest BCUT2D eigenvalue weighted by molar-refractivity contribution is 6.05. The zero-order valence-corrected chi connectivity index (χ0v) is 18.0. The van der Waals surface area contributed by atoms with Crippen LogP contribution in [0.4, 0.5) is 5.69 Å². The SMILES string of the molecule is CC(=Nc1c(C)cc(C)cc1C)c1ccccc1C1=C(C)C(C)=C(C)C1C. The van der Waals surface area contributed by atoms with Gasteiger partial charge in [-0.2, -0.15) is 0 Å². The minimum atomic E-state index is 0.460. The van der Waals surface area contributed by atoms with Crippen LogP contribution in [0.1, 0.15) is 62.4 Å². The molecule has 1 aliphatic rings. The monoisotopic (exact) mass is 357 g/mol. The van der Waals surface area contributed by atoms with E-state index in [9.17, 15) is 0 Å². The minimum absolute atomic E-state index is 0.460. The number of rotatable bonds is 3. The van der Waals surface area contributed by atoms with Crippen molar-refractivity contribution in [2.45, 2.75) is 55.4 Å². The van der Waals surface area contributed by atoms with Crippen molar-refractivity contribution >= 4 is 17.0 Å². The first-order valence-electron chi connectivity index (χ1n) is 9.83. The highest BCUT2D eigenvalue weighted by atomic mass is 14.8. The molecule has 0 bridgehead atoms. The highest BCUT2D eigenvalue weighted by Crippen LogP contribution is 2.43. The van der Waals surface area contributed by atoms with E-state index in [1.807, 2.05) is 0 Å². The molecule has 2 aromatic carbocycles. The lowest BCUT2D eigenvalue weighted by Gasteiger charge is -2.18. The Hall–Kier alpha value is -2.41. The molecule has 140 valence electrons. The van der Waals surface area contributed by atoms with Crippen LogP contribution in [-0.4, -0.2) is 5.71 Å². The number of benzene rings is 2. The van der Waals surface area contributed by atoms with Gasteiger partial charge in [-0.1, -0.05) is 54.5 Å². The van der Waals surface area contributed by atoms with Crippen LogP contribution in [0.25, 0.3) is 5.57 Å². The lowest BCUT2D eigenvalue weighted by atomic mass is 9.87. The summed E-state index contributed by atoms with van der Waals surface area (Å²) in [6, 6.07) is 13.2. The Labute approximate surface area is 164 Å². The molecule has 3 rings (SSSR count). The molecule has 0 radical (unpaired) electrons. The van der Waals surface area contributed by atoms with Crippen LogP contribution in [0.15, 0.2) is 58.1 Å². The van der Waals surface area contributed by atoms with Gasteiger partial charge >= 0.3 is 0 Å². The molecule has 0 aromatic heterocycles. The predicted molar refractivity (Wildman–Crippen MR) is 119 cm³/mol. The Morgan fingerprint density at radius 3 is 2.00 bits per heavy atom. The fourth-order valence-corrected chi connectivity index (χ4v) is 4.41. The van der Waals surface area contributed by atoms with E-state index < -0.39 is 0 Å². The van der Waals surface area contributed by atoms with E-state index in [-0.39, 0.29) is 0 Å². The fraction of sp³-hybridized carbons (Fsp3) is 0.346. The summed E-state index contributed by atoms with van der Waals surface area (Å²) in [4.78, 5) is 5.07. The molecular formula is C26H31N. The fourth-order valence-electron chi connectivity index (χ4n) is 4.41. The summed E-state index contributed by atoms with van der Waals surface area (Å²) in [5, 5.41) is 0. The second-order valence-electron chi connectivity index (χ2n) is 8.06. The number of nitrogens with zero attached hydrogens (tertiary/aromatic N) is 1. The second-order valence-corrected chi connectivity index (χ2v) is 8.06. The molecule has 0 spiro atoms. The van der Waals surface area contributed by atoms with Crippen LogP contribution in [0.5, 0.6) is 0 Å². The van der Waals surface area contributed by atoms with Gasteiger partial charge in [0, 0.05) is 17.2 Å². The van der Waals surface area contributed by atoms with E-state index in [0.717, 1.165) is 11.4 Å². The second kappa shape index (κ2) is 7.31. The molecule has 1 atom stereocenters. The van der Waals surface area contributed by atoms with Gasteiger partial charge in [-0.05, 0) is 81.9 Å². The van der Waals surface area contributed by atoms with E-state index >= 15 is 0 Å². The Balaban J connectivity index is 2.14. The summed E-state index contributed by atoms with van der Waals surface area (Å²) in [5.74, 6) is 0.460. The summed E-state index contributed by atoms with van der Waals surface area (Å²) in [6.07, 6.45) is 0. The van der Waals surface area contributed by atoms with Crippen molar-refractivity contribution < 1.29 is 0 Å². The molecule has 0 fully saturated rings. The number of hydrogen-bond donors (Lipinski definition) is 0. The third-order valence-corrected chi connectivity index (χ3v) is 6.16. The summed E-state index contributed by atoms with van der Waals surface area (Å²) in [7, 11) is 0. The number of aliphatic imine (C=N–C) groups is 1. The number of aryl methyl sites for hydroxylation is 3. The first-order valence-corrected chi connectivity index (χ1v) is 9.83. The minimum Gasteiger partial charge on any atom is -0.253 e. The normalized spacial score (nSPS) is 17.9. The van der Waals surface area contributed by atoms with Crippen molar-refractivity contribution in [3.05, 3.63) is 80.9 Å². The molecule has 0 amide bonds. The van der Waals surface area contributed by atoms with Crippen LogP contribution in [-0.2, 0) is 0 Å². The summed E-state index contributed by atoms with van der Waals surface area (Å²) >= 11 is 0. The first kappa shape index (κ1) is 19.4. The van der Waals surface area contributed by atoms with E-state index in [1.165, 1.54) is 50.1 Å². The van der Waals surface area contributed by atoms with Crippen LogP contribution in [0.2, 0.25) is 0 Å². The molecule has 1 aliphatic carbocycles. The van der Waals surface area contributed by atoms with Gasteiger partial charge in [0.2, 0.25) is 0 Å². The van der Waals surface area contributed by atoms with Gasteiger partial charge in [-0.25, -0.2) is 0 Å². The molecule has 2 aromatic rings. The Morgan fingerprint density at radius 2 is 1.44 bits per heavy atom. The number of hydrogen-bond acceptors (Lipinski definition) is 1. The van der Waals surface area contributed by atoms with E-state index in [0.29, 0.717) is 5.92 Å². The molecule has 0 saturated carbocycles. The molecule has 1 heteroatoms. The van der Waals surface area contributed by atoms with Crippen LogP contribution in [0, 0.1) is 26.7 Å². The van der Waals surface area contributed by atoms with Crippen molar-refractivity contribution in [1.29, 1.82) is 0 Å². The van der Waals surface area contributed by atoms with Gasteiger partial charge in [-0.3, -0.25) is 4.99 Å². The Bertz CT molecular complexity index is 976. The average molecular weight is 358 g/mol. The molecule has 0 aliphatic heterocycles. The number of allylic oxidation sites excluding steroid dienone is 4. The van der Waals surface area contributed by atoms with E-state index in [1.54, 1.807) is 0 Å². The van der Waals surface area contributed by atoms with Crippen LogP contribution < -0.4 is 0 Å². The maximum Gasteiger partial charge on any atom is 0.0691 e. The molecule has 1 unspecified atom stereocenters. The highest BCUT2D eigenvalue weighted by Gasteiger charge is 2.26. The molecule has 27 heavy (non-hydrogen) atoms. The van der Waals surface area contributed by atoms with E-state index in [2.05, 4.69) is 91.8 Å². The van der Waals surface area contributed by atoms with Gasteiger partial charge in [0.15, 0.2) is 0 Å². The zero-order chi connectivity index (χ0) is 19.9. The van der Waals surface area contributed by atoms with Gasteiger partial charge in [0.1, 0.15) is 0 Å². The molecular weight excluding hydrogens is 326 g/mol. The van der Waals surface area contributed by atoms with Crippen molar-refractivity contribution in [3.8, 4) is 0 Å². The van der Waals surface area contributed by atoms with Crippen molar-refractivity contribution in [2.24, 2.45) is 10.9 Å². The van der Waals surface area contributed by atoms with Crippen molar-refractivity contribution in [2.75, 3.05) is 0 Å². The predicted octanol–water partition coefficient (Wildman–Crippen LogP) is 7.51. The summed E-state index contributed by atoms with van der Waals surface area (Å²) < 4.78 is 0. The zero-order valence-electron chi connectivity index (χ0n) is 18.0. The standard InChI is InChI=1S/C26H31N/c1-15-13-16(2)26(17(3)14-15)27-22(8)23-11-9-10-12-24(23)25-20(6)18(4)19(5)21(25)7/h9-14,20H,1-8H3. The topological polar surface area (TPSA) is 12.4 Å². The van der Waals surface area contributed by atoms with Gasteiger partial charge < -0.3 is 0 Å². The van der Waals surface area contributed by atoms with Gasteiger partial charge in [0.25, 0.3) is 0 Å². The van der Waals surface area contributed by atoms with Crippen LogP contribution >= 0.6 is 0 Å². The van der Waals surface area contributed by atoms with E-state index in [4.69, 9.17) is 4.99 Å². The quantitative estimate of drug-likeness (QED) is 0.504. The van der Waals surface area contributed by atoms with Crippen LogP contribution in [0.3, 0.4) is 0 Å². The van der Waals surface area contributed by atoms with Crippen molar-refractivity contribution in [3.63, 3.8) is 0 Å². The Kier molecular flexibility index (Phi) is 5.24. The van der Waals surface area contributed by atoms with Gasteiger partial charge in [0.05, 0.1) is 5.69 Å². The third kappa shape index (κ3) is 3.43. The maximum absolute atomic E-state index is 5.07. The first-order chi connectivity index (χ1) is 12.7. The van der Waals surface area contributed by atoms with Crippen molar-refractivity contribution in [1.82, 2.24) is 0 Å². The smallest absolute Gasteiger partial charge is 0.0691 e. The lowest BCUT2D eigenvalue weighted by molar-refractivity contribution is 0.894. The largest absolute Gasteiger partial charge is 0.253 e. The average Bonchev–Trinajstić information content (AvgIpc) is 2.81. The maximum atomic E-state index is 5.07. The Morgan fingerprint density at radius 1 is 0.852 bits per heavy atom. The molecule has 0 saturated heterocycles. The molecule has 0 heterocycles. The molecule has 1 nitrogen and oxygen atoms in total. The third-order valence-electron chi connectivity index (χ3n) is 6.16.